The van der Waals surface area contributed by atoms with Gasteiger partial charge in [-0.1, -0.05) is 43.6 Å². The van der Waals surface area contributed by atoms with Gasteiger partial charge in [0.25, 0.3) is 0 Å². The summed E-state index contributed by atoms with van der Waals surface area (Å²) in [6.45, 7) is 5.13. The Labute approximate surface area is 145 Å². The lowest BCUT2D eigenvalue weighted by atomic mass is 10.1. The van der Waals surface area contributed by atoms with E-state index in [0.717, 1.165) is 12.0 Å². The number of hydrogen-bond donors (Lipinski definition) is 2. The number of rotatable bonds is 8. The first-order valence-electron chi connectivity index (χ1n) is 7.69. The maximum atomic E-state index is 11.4. The summed E-state index contributed by atoms with van der Waals surface area (Å²) in [4.78, 5) is 19.0. The zero-order chi connectivity index (χ0) is 17.5. The van der Waals surface area contributed by atoms with E-state index >= 15 is 0 Å². The standard InChI is InChI=1S/C16H20ClN5O2/c1-11(2)7-8-18-15-14(22(23)24)16(21-10-20-15)19-9-12-5-3-4-6-13(12)17/h3-6,10-11H,7-9H2,1-2H3,(H2,18,19,20,21). The lowest BCUT2D eigenvalue weighted by Gasteiger charge is -2.11. The third-order valence-corrected chi connectivity index (χ3v) is 3.79. The van der Waals surface area contributed by atoms with Crippen molar-refractivity contribution in [3.05, 3.63) is 51.3 Å². The van der Waals surface area contributed by atoms with Crippen LogP contribution in [0.4, 0.5) is 17.3 Å². The minimum atomic E-state index is -0.480. The Morgan fingerprint density at radius 1 is 1.21 bits per heavy atom. The predicted octanol–water partition coefficient (Wildman–Crippen LogP) is 4.11. The van der Waals surface area contributed by atoms with Gasteiger partial charge in [-0.3, -0.25) is 10.1 Å². The predicted molar refractivity (Wildman–Crippen MR) is 95.4 cm³/mol. The molecule has 0 saturated heterocycles. The molecule has 24 heavy (non-hydrogen) atoms. The Kier molecular flexibility index (Phi) is 6.31. The van der Waals surface area contributed by atoms with Gasteiger partial charge in [0.1, 0.15) is 6.33 Å². The van der Waals surface area contributed by atoms with Crippen molar-refractivity contribution in [1.82, 2.24) is 9.97 Å². The molecule has 0 saturated carbocycles. The fourth-order valence-electron chi connectivity index (χ4n) is 2.11. The fraction of sp³-hybridized carbons (Fsp3) is 0.375. The third kappa shape index (κ3) is 4.79. The highest BCUT2D eigenvalue weighted by Gasteiger charge is 2.22. The highest BCUT2D eigenvalue weighted by molar-refractivity contribution is 6.31. The van der Waals surface area contributed by atoms with Crippen molar-refractivity contribution in [3.8, 4) is 0 Å². The summed E-state index contributed by atoms with van der Waals surface area (Å²) >= 11 is 6.10. The van der Waals surface area contributed by atoms with Crippen molar-refractivity contribution in [2.45, 2.75) is 26.8 Å². The van der Waals surface area contributed by atoms with E-state index in [2.05, 4.69) is 34.4 Å². The van der Waals surface area contributed by atoms with Crippen LogP contribution in [0.25, 0.3) is 0 Å². The first-order valence-corrected chi connectivity index (χ1v) is 8.07. The monoisotopic (exact) mass is 349 g/mol. The molecule has 0 aliphatic carbocycles. The molecule has 7 nitrogen and oxygen atoms in total. The molecule has 8 heteroatoms. The summed E-state index contributed by atoms with van der Waals surface area (Å²) in [5, 5.41) is 18.0. The SMILES string of the molecule is CC(C)CCNc1ncnc(NCc2ccccc2Cl)c1[N+](=O)[O-]. The van der Waals surface area contributed by atoms with Crippen molar-refractivity contribution in [3.63, 3.8) is 0 Å². The molecule has 0 unspecified atom stereocenters. The van der Waals surface area contributed by atoms with Gasteiger partial charge in [-0.05, 0) is 24.0 Å². The summed E-state index contributed by atoms with van der Waals surface area (Å²) in [5.41, 5.74) is 0.676. The summed E-state index contributed by atoms with van der Waals surface area (Å²) < 4.78 is 0. The molecule has 1 aromatic carbocycles. The number of aromatic nitrogens is 2. The minimum absolute atomic E-state index is 0.159. The highest BCUT2D eigenvalue weighted by Crippen LogP contribution is 2.29. The zero-order valence-corrected chi connectivity index (χ0v) is 14.4. The quantitative estimate of drug-likeness (QED) is 0.550. The van der Waals surface area contributed by atoms with E-state index in [9.17, 15) is 10.1 Å². The Balaban J connectivity index is 2.17. The largest absolute Gasteiger partial charge is 0.364 e. The van der Waals surface area contributed by atoms with Crippen LogP contribution >= 0.6 is 11.6 Å². The normalized spacial score (nSPS) is 10.7. The molecule has 0 bridgehead atoms. The van der Waals surface area contributed by atoms with Gasteiger partial charge in [-0.25, -0.2) is 9.97 Å². The van der Waals surface area contributed by atoms with Crippen molar-refractivity contribution < 1.29 is 4.92 Å². The zero-order valence-electron chi connectivity index (χ0n) is 13.6. The first-order chi connectivity index (χ1) is 11.5. The lowest BCUT2D eigenvalue weighted by Crippen LogP contribution is -2.11. The molecule has 0 atom stereocenters. The van der Waals surface area contributed by atoms with Crippen molar-refractivity contribution in [2.24, 2.45) is 5.92 Å². The molecule has 0 aliphatic rings. The van der Waals surface area contributed by atoms with E-state index < -0.39 is 4.92 Å². The molecule has 0 fully saturated rings. The van der Waals surface area contributed by atoms with Crippen LogP contribution in [0.5, 0.6) is 0 Å². The van der Waals surface area contributed by atoms with Crippen LogP contribution in [0, 0.1) is 16.0 Å². The van der Waals surface area contributed by atoms with Gasteiger partial charge in [-0.2, -0.15) is 0 Å². The Bertz CT molecular complexity index is 709. The molecule has 0 amide bonds. The Hall–Kier alpha value is -2.41. The van der Waals surface area contributed by atoms with Gasteiger partial charge < -0.3 is 10.6 Å². The van der Waals surface area contributed by atoms with Crippen LogP contribution < -0.4 is 10.6 Å². The molecule has 128 valence electrons. The molecule has 2 rings (SSSR count). The van der Waals surface area contributed by atoms with E-state index in [0.29, 0.717) is 24.0 Å². The topological polar surface area (TPSA) is 93.0 Å². The average molecular weight is 350 g/mol. The second-order valence-electron chi connectivity index (χ2n) is 5.73. The number of hydrogen-bond acceptors (Lipinski definition) is 6. The summed E-state index contributed by atoms with van der Waals surface area (Å²) in [6, 6.07) is 7.31. The summed E-state index contributed by atoms with van der Waals surface area (Å²) in [6.07, 6.45) is 2.20. The molecule has 1 aromatic heterocycles. The van der Waals surface area contributed by atoms with Gasteiger partial charge in [0, 0.05) is 18.1 Å². The highest BCUT2D eigenvalue weighted by atomic mass is 35.5. The number of nitrogens with zero attached hydrogens (tertiary/aromatic N) is 3. The van der Waals surface area contributed by atoms with Crippen LogP contribution in [0.2, 0.25) is 5.02 Å². The molecule has 2 N–H and O–H groups in total. The lowest BCUT2D eigenvalue weighted by molar-refractivity contribution is -0.383. The maximum absolute atomic E-state index is 11.4. The second kappa shape index (κ2) is 8.44. The second-order valence-corrected chi connectivity index (χ2v) is 6.14. The smallest absolute Gasteiger partial charge is 0.353 e. The molecule has 0 radical (unpaired) electrons. The number of nitrogens with one attached hydrogen (secondary N) is 2. The fourth-order valence-corrected chi connectivity index (χ4v) is 2.31. The van der Waals surface area contributed by atoms with Crippen LogP contribution in [-0.4, -0.2) is 21.4 Å². The van der Waals surface area contributed by atoms with E-state index in [1.807, 2.05) is 18.2 Å². The van der Waals surface area contributed by atoms with Crippen LogP contribution in [-0.2, 0) is 6.54 Å². The van der Waals surface area contributed by atoms with E-state index in [4.69, 9.17) is 11.6 Å². The van der Waals surface area contributed by atoms with Crippen LogP contribution in [0.15, 0.2) is 30.6 Å². The van der Waals surface area contributed by atoms with E-state index in [-0.39, 0.29) is 17.3 Å². The molecule has 0 spiro atoms. The molecule has 0 aliphatic heterocycles. The minimum Gasteiger partial charge on any atom is -0.364 e. The van der Waals surface area contributed by atoms with Gasteiger partial charge in [0.2, 0.25) is 11.6 Å². The Morgan fingerprint density at radius 3 is 2.50 bits per heavy atom. The van der Waals surface area contributed by atoms with E-state index in [1.165, 1.54) is 6.33 Å². The van der Waals surface area contributed by atoms with Crippen LogP contribution in [0.1, 0.15) is 25.8 Å². The number of benzene rings is 1. The number of anilines is 2. The van der Waals surface area contributed by atoms with Crippen molar-refractivity contribution in [2.75, 3.05) is 17.2 Å². The average Bonchev–Trinajstić information content (AvgIpc) is 2.53. The summed E-state index contributed by atoms with van der Waals surface area (Å²) in [7, 11) is 0. The number of halogens is 1. The van der Waals surface area contributed by atoms with E-state index in [1.54, 1.807) is 6.07 Å². The van der Waals surface area contributed by atoms with Gasteiger partial charge in [0.15, 0.2) is 0 Å². The molecular formula is C16H20ClN5O2. The van der Waals surface area contributed by atoms with Crippen molar-refractivity contribution >= 4 is 28.9 Å². The van der Waals surface area contributed by atoms with Crippen LogP contribution in [0.3, 0.4) is 0 Å². The van der Waals surface area contributed by atoms with Crippen molar-refractivity contribution in [1.29, 1.82) is 0 Å². The Morgan fingerprint density at radius 2 is 1.88 bits per heavy atom. The molecule has 1 heterocycles. The third-order valence-electron chi connectivity index (χ3n) is 3.42. The van der Waals surface area contributed by atoms with Gasteiger partial charge in [-0.15, -0.1) is 0 Å². The molecule has 2 aromatic rings. The maximum Gasteiger partial charge on any atom is 0.353 e. The first kappa shape index (κ1) is 17.9. The van der Waals surface area contributed by atoms with Gasteiger partial charge in [0.05, 0.1) is 4.92 Å². The number of nitro groups is 1. The van der Waals surface area contributed by atoms with Gasteiger partial charge >= 0.3 is 5.69 Å². The summed E-state index contributed by atoms with van der Waals surface area (Å²) in [5.74, 6) is 0.885. The molecular weight excluding hydrogens is 330 g/mol.